The highest BCUT2D eigenvalue weighted by Crippen LogP contribution is 2.26. The Kier molecular flexibility index (Phi) is 6.20. The molecule has 1 N–H and O–H groups in total. The van der Waals surface area contributed by atoms with Crippen molar-refractivity contribution in [2.24, 2.45) is 5.92 Å². The molecule has 0 atom stereocenters. The molecule has 9 heteroatoms. The molecule has 1 fully saturated rings. The minimum Gasteiger partial charge on any atom is -0.323 e. The van der Waals surface area contributed by atoms with E-state index in [1.165, 1.54) is 40.7 Å². The normalized spacial score (nSPS) is 16.3. The van der Waals surface area contributed by atoms with Crippen LogP contribution in [-0.2, 0) is 14.8 Å². The average molecular weight is 476 g/mol. The van der Waals surface area contributed by atoms with Crippen LogP contribution in [0.1, 0.15) is 12.8 Å². The molecule has 0 radical (unpaired) electrons. The lowest BCUT2D eigenvalue weighted by Crippen LogP contribution is -2.41. The Hall–Kier alpha value is -1.48. The number of nitrogens with zero attached hydrogens (tertiary/aromatic N) is 1. The van der Waals surface area contributed by atoms with Crippen LogP contribution in [0.4, 0.5) is 10.1 Å². The summed E-state index contributed by atoms with van der Waals surface area (Å²) in [5.74, 6) is -1.20. The number of nitrogens with one attached hydrogen (secondary N) is 1. The third kappa shape index (κ3) is 4.68. The summed E-state index contributed by atoms with van der Waals surface area (Å²) >= 11 is 8.97. The second-order valence-electron chi connectivity index (χ2n) is 6.25. The van der Waals surface area contributed by atoms with Crippen LogP contribution >= 0.6 is 27.5 Å². The highest BCUT2D eigenvalue weighted by atomic mass is 79.9. The number of hydrogen-bond donors (Lipinski definition) is 1. The van der Waals surface area contributed by atoms with Gasteiger partial charge in [-0.2, -0.15) is 4.31 Å². The van der Waals surface area contributed by atoms with Crippen molar-refractivity contribution in [3.8, 4) is 0 Å². The van der Waals surface area contributed by atoms with Gasteiger partial charge < -0.3 is 5.32 Å². The number of piperidine rings is 1. The molecule has 0 unspecified atom stereocenters. The molecule has 27 heavy (non-hydrogen) atoms. The van der Waals surface area contributed by atoms with E-state index in [1.54, 1.807) is 6.07 Å². The van der Waals surface area contributed by atoms with Gasteiger partial charge in [0, 0.05) is 28.5 Å². The van der Waals surface area contributed by atoms with Gasteiger partial charge in [-0.1, -0.05) is 27.5 Å². The van der Waals surface area contributed by atoms with E-state index in [1.807, 2.05) is 0 Å². The summed E-state index contributed by atoms with van der Waals surface area (Å²) in [5, 5.41) is 3.04. The topological polar surface area (TPSA) is 66.5 Å². The first-order valence-corrected chi connectivity index (χ1v) is 10.9. The summed E-state index contributed by atoms with van der Waals surface area (Å²) < 4.78 is 41.2. The molecule has 0 bridgehead atoms. The first-order valence-electron chi connectivity index (χ1n) is 8.29. The monoisotopic (exact) mass is 474 g/mol. The van der Waals surface area contributed by atoms with E-state index in [0.29, 0.717) is 22.3 Å². The fourth-order valence-electron chi connectivity index (χ4n) is 2.94. The Labute approximate surface area is 170 Å². The predicted molar refractivity (Wildman–Crippen MR) is 106 cm³/mol. The number of hydrogen-bond acceptors (Lipinski definition) is 3. The number of carbonyl (C=O) groups excluding carboxylic acids is 1. The van der Waals surface area contributed by atoms with Crippen LogP contribution in [-0.4, -0.2) is 31.7 Å². The maximum Gasteiger partial charge on any atom is 0.243 e. The zero-order valence-corrected chi connectivity index (χ0v) is 17.3. The number of rotatable bonds is 4. The molecule has 144 valence electrons. The van der Waals surface area contributed by atoms with Crippen LogP contribution in [0.3, 0.4) is 0 Å². The van der Waals surface area contributed by atoms with Gasteiger partial charge in [0.25, 0.3) is 0 Å². The van der Waals surface area contributed by atoms with Crippen LogP contribution in [0.15, 0.2) is 51.8 Å². The number of carbonyl (C=O) groups is 1. The third-order valence-electron chi connectivity index (χ3n) is 4.47. The van der Waals surface area contributed by atoms with Crippen molar-refractivity contribution in [3.05, 3.63) is 57.8 Å². The van der Waals surface area contributed by atoms with Crippen LogP contribution < -0.4 is 5.32 Å². The van der Waals surface area contributed by atoms with Crippen molar-refractivity contribution in [2.45, 2.75) is 17.7 Å². The van der Waals surface area contributed by atoms with Crippen molar-refractivity contribution in [1.82, 2.24) is 4.31 Å². The highest BCUT2D eigenvalue weighted by Gasteiger charge is 2.32. The fourth-order valence-corrected chi connectivity index (χ4v) is 4.87. The van der Waals surface area contributed by atoms with Crippen LogP contribution in [0.2, 0.25) is 5.02 Å². The van der Waals surface area contributed by atoms with Crippen molar-refractivity contribution in [2.75, 3.05) is 18.4 Å². The van der Waals surface area contributed by atoms with E-state index in [-0.39, 0.29) is 35.5 Å². The molecule has 1 heterocycles. The van der Waals surface area contributed by atoms with E-state index in [2.05, 4.69) is 21.2 Å². The quantitative estimate of drug-likeness (QED) is 0.718. The molecule has 0 aliphatic carbocycles. The molecule has 1 saturated heterocycles. The Morgan fingerprint density at radius 3 is 2.37 bits per heavy atom. The molecule has 3 rings (SSSR count). The molecule has 0 saturated carbocycles. The lowest BCUT2D eigenvalue weighted by molar-refractivity contribution is -0.120. The van der Waals surface area contributed by atoms with Crippen LogP contribution in [0, 0.1) is 11.7 Å². The summed E-state index contributed by atoms with van der Waals surface area (Å²) in [5.41, 5.74) is 0.111. The first-order chi connectivity index (χ1) is 12.8. The molecular weight excluding hydrogens is 459 g/mol. The van der Waals surface area contributed by atoms with E-state index >= 15 is 0 Å². The molecule has 1 aliphatic rings. The van der Waals surface area contributed by atoms with Gasteiger partial charge in [0.05, 0.1) is 10.6 Å². The standard InChI is InChI=1S/C18H17BrClFN2O3S/c19-13-1-6-17(16(21)11-13)22-18(24)12-7-9-23(10-8-12)27(25,26)15-4-2-14(20)3-5-15/h1-6,11-12H,7-10H2,(H,22,24). The molecule has 2 aromatic carbocycles. The second-order valence-corrected chi connectivity index (χ2v) is 9.54. The lowest BCUT2D eigenvalue weighted by Gasteiger charge is -2.30. The van der Waals surface area contributed by atoms with Crippen molar-refractivity contribution in [1.29, 1.82) is 0 Å². The smallest absolute Gasteiger partial charge is 0.243 e. The van der Waals surface area contributed by atoms with Gasteiger partial charge in [0.15, 0.2) is 0 Å². The molecule has 0 spiro atoms. The predicted octanol–water partition coefficient (Wildman–Crippen LogP) is 4.28. The van der Waals surface area contributed by atoms with Crippen molar-refractivity contribution < 1.29 is 17.6 Å². The van der Waals surface area contributed by atoms with Gasteiger partial charge in [-0.15, -0.1) is 0 Å². The number of anilines is 1. The minimum atomic E-state index is -3.62. The third-order valence-corrected chi connectivity index (χ3v) is 7.12. The number of sulfonamides is 1. The van der Waals surface area contributed by atoms with E-state index < -0.39 is 15.8 Å². The number of halogens is 3. The summed E-state index contributed by atoms with van der Waals surface area (Å²) in [6.07, 6.45) is 0.744. The average Bonchev–Trinajstić information content (AvgIpc) is 2.64. The number of amides is 1. The summed E-state index contributed by atoms with van der Waals surface area (Å²) in [7, 11) is -3.62. The highest BCUT2D eigenvalue weighted by molar-refractivity contribution is 9.10. The van der Waals surface area contributed by atoms with E-state index in [4.69, 9.17) is 11.6 Å². The summed E-state index contributed by atoms with van der Waals surface area (Å²) in [4.78, 5) is 12.6. The maximum absolute atomic E-state index is 13.9. The Morgan fingerprint density at radius 2 is 1.78 bits per heavy atom. The summed E-state index contributed by atoms with van der Waals surface area (Å²) in [6, 6.07) is 10.4. The molecule has 1 aliphatic heterocycles. The van der Waals surface area contributed by atoms with Crippen LogP contribution in [0.5, 0.6) is 0 Å². The molecule has 0 aromatic heterocycles. The van der Waals surface area contributed by atoms with Crippen molar-refractivity contribution >= 4 is 49.1 Å². The summed E-state index contributed by atoms with van der Waals surface area (Å²) in [6.45, 7) is 0.456. The SMILES string of the molecule is O=C(Nc1ccc(Br)cc1F)C1CCN(S(=O)(=O)c2ccc(Cl)cc2)CC1. The molecule has 5 nitrogen and oxygen atoms in total. The zero-order valence-electron chi connectivity index (χ0n) is 14.2. The van der Waals surface area contributed by atoms with Gasteiger partial charge in [0.1, 0.15) is 5.82 Å². The van der Waals surface area contributed by atoms with Gasteiger partial charge in [-0.05, 0) is 55.3 Å². The molecule has 1 amide bonds. The fraction of sp³-hybridized carbons (Fsp3) is 0.278. The largest absolute Gasteiger partial charge is 0.323 e. The Balaban J connectivity index is 1.62. The number of benzene rings is 2. The second kappa shape index (κ2) is 8.26. The molecular formula is C18H17BrClFN2O3S. The lowest BCUT2D eigenvalue weighted by atomic mass is 9.97. The van der Waals surface area contributed by atoms with Gasteiger partial charge in [-0.25, -0.2) is 12.8 Å². The van der Waals surface area contributed by atoms with E-state index in [9.17, 15) is 17.6 Å². The van der Waals surface area contributed by atoms with Gasteiger partial charge in [-0.3, -0.25) is 4.79 Å². The first kappa shape index (κ1) is 20.3. The van der Waals surface area contributed by atoms with E-state index in [0.717, 1.165) is 0 Å². The van der Waals surface area contributed by atoms with Gasteiger partial charge in [0.2, 0.25) is 15.9 Å². The maximum atomic E-state index is 13.9. The van der Waals surface area contributed by atoms with Crippen LogP contribution in [0.25, 0.3) is 0 Å². The zero-order chi connectivity index (χ0) is 19.6. The van der Waals surface area contributed by atoms with Gasteiger partial charge >= 0.3 is 0 Å². The molecule has 2 aromatic rings. The van der Waals surface area contributed by atoms with Crippen molar-refractivity contribution in [3.63, 3.8) is 0 Å². The Morgan fingerprint density at radius 1 is 1.15 bits per heavy atom. The Bertz CT molecular complexity index is 946. The minimum absolute atomic E-state index is 0.111.